The largest absolute Gasteiger partial charge is 0.486 e. The van der Waals surface area contributed by atoms with E-state index in [0.29, 0.717) is 24.7 Å². The van der Waals surface area contributed by atoms with E-state index in [9.17, 15) is 8.42 Å². The third-order valence-corrected chi connectivity index (χ3v) is 5.85. The Balaban J connectivity index is 1.94. The Morgan fingerprint density at radius 2 is 1.86 bits per heavy atom. The van der Waals surface area contributed by atoms with Gasteiger partial charge in [0.1, 0.15) is 13.2 Å². The lowest BCUT2D eigenvalue weighted by molar-refractivity contribution is 0.171. The lowest BCUT2D eigenvalue weighted by Gasteiger charge is -2.20. The van der Waals surface area contributed by atoms with Gasteiger partial charge >= 0.3 is 0 Å². The summed E-state index contributed by atoms with van der Waals surface area (Å²) >= 11 is 12.6. The average Bonchev–Trinajstić information content (AvgIpc) is 2.87. The summed E-state index contributed by atoms with van der Waals surface area (Å²) in [5, 5.41) is 0.207. The topological polar surface area (TPSA) is 77.5 Å². The number of nitrogens with zero attached hydrogens (tertiary/aromatic N) is 1. The Hall–Kier alpha value is -1.22. The fraction of sp³-hybridized carbons (Fsp3) is 0.182. The number of thiazole rings is 1. The molecule has 1 aromatic heterocycles. The van der Waals surface area contributed by atoms with Gasteiger partial charge in [-0.15, -0.1) is 0 Å². The van der Waals surface area contributed by atoms with Crippen molar-refractivity contribution in [2.75, 3.05) is 17.9 Å². The van der Waals surface area contributed by atoms with E-state index < -0.39 is 10.0 Å². The Labute approximate surface area is 134 Å². The number of sulfonamides is 1. The van der Waals surface area contributed by atoms with Gasteiger partial charge in [-0.2, -0.15) is 0 Å². The van der Waals surface area contributed by atoms with Gasteiger partial charge in [-0.05, 0) is 0 Å². The first-order valence-corrected chi connectivity index (χ1v) is 8.74. The maximum absolute atomic E-state index is 12.2. The molecule has 6 nitrogen and oxygen atoms in total. The van der Waals surface area contributed by atoms with Crippen LogP contribution in [0.25, 0.3) is 0 Å². The van der Waals surface area contributed by atoms with Crippen LogP contribution in [0.1, 0.15) is 0 Å². The van der Waals surface area contributed by atoms with E-state index in [0.717, 1.165) is 11.3 Å². The SMILES string of the molecule is O=S(=O)(Nc1cc2c(cc1Cl)OCCO2)c1cnc(Cl)s1. The second-order valence-electron chi connectivity index (χ2n) is 4.01. The fourth-order valence-corrected chi connectivity index (χ4v) is 4.32. The molecule has 1 aliphatic rings. The van der Waals surface area contributed by atoms with Gasteiger partial charge in [0, 0.05) is 12.1 Å². The third-order valence-electron chi connectivity index (χ3n) is 2.60. The van der Waals surface area contributed by atoms with Gasteiger partial charge in [-0.3, -0.25) is 4.72 Å². The molecule has 0 amide bonds. The average molecular weight is 367 g/mol. The minimum atomic E-state index is -3.80. The summed E-state index contributed by atoms with van der Waals surface area (Å²) in [7, 11) is -3.80. The van der Waals surface area contributed by atoms with Crippen LogP contribution in [-0.4, -0.2) is 26.6 Å². The molecule has 10 heteroatoms. The summed E-state index contributed by atoms with van der Waals surface area (Å²) in [4.78, 5) is 3.70. The minimum Gasteiger partial charge on any atom is -0.486 e. The number of hydrogen-bond acceptors (Lipinski definition) is 6. The first-order chi connectivity index (χ1) is 9.95. The van der Waals surface area contributed by atoms with E-state index in [4.69, 9.17) is 32.7 Å². The number of nitrogens with one attached hydrogen (secondary N) is 1. The van der Waals surface area contributed by atoms with Gasteiger partial charge in [0.15, 0.2) is 20.2 Å². The van der Waals surface area contributed by atoms with Crippen LogP contribution in [0.2, 0.25) is 9.49 Å². The molecule has 2 heterocycles. The van der Waals surface area contributed by atoms with Crippen molar-refractivity contribution in [3.05, 3.63) is 27.8 Å². The number of fused-ring (bicyclic) bond motifs is 1. The zero-order chi connectivity index (χ0) is 15.0. The molecule has 0 saturated carbocycles. The highest BCUT2D eigenvalue weighted by atomic mass is 35.5. The van der Waals surface area contributed by atoms with E-state index in [1.165, 1.54) is 18.3 Å². The summed E-state index contributed by atoms with van der Waals surface area (Å²) in [6, 6.07) is 2.99. The van der Waals surface area contributed by atoms with Crippen LogP contribution in [-0.2, 0) is 10.0 Å². The van der Waals surface area contributed by atoms with Crippen molar-refractivity contribution in [1.82, 2.24) is 4.98 Å². The summed E-state index contributed by atoms with van der Waals surface area (Å²) in [5.74, 6) is 0.917. The lowest BCUT2D eigenvalue weighted by Crippen LogP contribution is -2.16. The van der Waals surface area contributed by atoms with Crippen molar-refractivity contribution in [3.63, 3.8) is 0 Å². The van der Waals surface area contributed by atoms with E-state index in [1.807, 2.05) is 0 Å². The van der Waals surface area contributed by atoms with E-state index in [2.05, 4.69) is 9.71 Å². The molecule has 0 unspecified atom stereocenters. The zero-order valence-electron chi connectivity index (χ0n) is 10.3. The molecular weight excluding hydrogens is 359 g/mol. The van der Waals surface area contributed by atoms with Crippen molar-refractivity contribution in [2.45, 2.75) is 4.21 Å². The number of rotatable bonds is 3. The molecular formula is C11H8Cl2N2O4S2. The Bertz CT molecular complexity index is 792. The van der Waals surface area contributed by atoms with Gasteiger partial charge in [-0.25, -0.2) is 13.4 Å². The predicted octanol–water partition coefficient (Wildman–Crippen LogP) is 3.02. The van der Waals surface area contributed by atoms with Crippen molar-refractivity contribution >= 4 is 50.2 Å². The molecule has 1 aliphatic heterocycles. The quantitative estimate of drug-likeness (QED) is 0.902. The van der Waals surface area contributed by atoms with Crippen molar-refractivity contribution in [2.24, 2.45) is 0 Å². The number of ether oxygens (including phenoxy) is 2. The van der Waals surface area contributed by atoms with Crippen LogP contribution in [0.4, 0.5) is 5.69 Å². The van der Waals surface area contributed by atoms with Gasteiger partial charge in [-0.1, -0.05) is 34.5 Å². The Morgan fingerprint density at radius 3 is 2.48 bits per heavy atom. The Morgan fingerprint density at radius 1 is 1.19 bits per heavy atom. The molecule has 0 radical (unpaired) electrons. The van der Waals surface area contributed by atoms with E-state index >= 15 is 0 Å². The minimum absolute atomic E-state index is 0.00143. The summed E-state index contributed by atoms with van der Waals surface area (Å²) in [5.41, 5.74) is 0.199. The normalized spacial score (nSPS) is 14.0. The van der Waals surface area contributed by atoms with Crippen molar-refractivity contribution in [3.8, 4) is 11.5 Å². The molecule has 1 aromatic carbocycles. The molecule has 0 atom stereocenters. The molecule has 2 aromatic rings. The maximum Gasteiger partial charge on any atom is 0.273 e. The van der Waals surface area contributed by atoms with Crippen LogP contribution in [0, 0.1) is 0 Å². The Kier molecular flexibility index (Phi) is 3.87. The highest BCUT2D eigenvalue weighted by Crippen LogP contribution is 2.39. The second kappa shape index (κ2) is 5.53. The van der Waals surface area contributed by atoms with Crippen LogP contribution in [0.5, 0.6) is 11.5 Å². The number of anilines is 1. The smallest absolute Gasteiger partial charge is 0.273 e. The maximum atomic E-state index is 12.2. The molecule has 112 valence electrons. The van der Waals surface area contributed by atoms with Crippen LogP contribution >= 0.6 is 34.5 Å². The number of benzene rings is 1. The van der Waals surface area contributed by atoms with E-state index in [1.54, 1.807) is 0 Å². The van der Waals surface area contributed by atoms with Crippen molar-refractivity contribution < 1.29 is 17.9 Å². The fourth-order valence-electron chi connectivity index (χ4n) is 1.70. The van der Waals surface area contributed by atoms with Crippen LogP contribution in [0.3, 0.4) is 0 Å². The molecule has 0 bridgehead atoms. The van der Waals surface area contributed by atoms with Gasteiger partial charge in [0.2, 0.25) is 0 Å². The van der Waals surface area contributed by atoms with Gasteiger partial charge in [0.25, 0.3) is 10.0 Å². The third kappa shape index (κ3) is 3.03. The molecule has 3 rings (SSSR count). The lowest BCUT2D eigenvalue weighted by atomic mass is 10.2. The van der Waals surface area contributed by atoms with E-state index in [-0.39, 0.29) is 19.4 Å². The molecule has 0 spiro atoms. The molecule has 0 fully saturated rings. The predicted molar refractivity (Wildman–Crippen MR) is 80.4 cm³/mol. The second-order valence-corrected chi connectivity index (χ2v) is 7.94. The van der Waals surface area contributed by atoms with Gasteiger partial charge in [0.05, 0.1) is 16.9 Å². The highest BCUT2D eigenvalue weighted by Gasteiger charge is 2.21. The first-order valence-electron chi connectivity index (χ1n) is 5.69. The standard InChI is InChI=1S/C11H8Cl2N2O4S2/c12-6-3-8-9(19-2-1-18-8)4-7(6)15-21(16,17)10-5-14-11(13)20-10/h3-5,15H,1-2H2. The molecule has 1 N–H and O–H groups in total. The summed E-state index contributed by atoms with van der Waals surface area (Å²) in [6.45, 7) is 0.818. The molecule has 0 aliphatic carbocycles. The van der Waals surface area contributed by atoms with Crippen LogP contribution in [0.15, 0.2) is 22.5 Å². The zero-order valence-corrected chi connectivity index (χ0v) is 13.4. The summed E-state index contributed by atoms with van der Waals surface area (Å²) in [6.07, 6.45) is 1.18. The number of hydrogen-bond donors (Lipinski definition) is 1. The highest BCUT2D eigenvalue weighted by molar-refractivity contribution is 7.94. The first kappa shape index (κ1) is 14.7. The van der Waals surface area contributed by atoms with Crippen molar-refractivity contribution in [1.29, 1.82) is 0 Å². The number of halogens is 2. The van der Waals surface area contributed by atoms with Crippen LogP contribution < -0.4 is 14.2 Å². The monoisotopic (exact) mass is 366 g/mol. The van der Waals surface area contributed by atoms with Gasteiger partial charge < -0.3 is 9.47 Å². The molecule has 0 saturated heterocycles. The number of aromatic nitrogens is 1. The molecule has 21 heavy (non-hydrogen) atoms. The summed E-state index contributed by atoms with van der Waals surface area (Å²) < 4.78 is 37.7.